The topological polar surface area (TPSA) is 49.3 Å². The van der Waals surface area contributed by atoms with Crippen LogP contribution in [0.5, 0.6) is 0 Å². The Balaban J connectivity index is 1.63. The summed E-state index contributed by atoms with van der Waals surface area (Å²) in [5, 5.41) is 13.9. The maximum Gasteiger partial charge on any atom is 0.416 e. The second-order valence-corrected chi connectivity index (χ2v) is 8.65. The lowest BCUT2D eigenvalue weighted by Gasteiger charge is -2.25. The molecule has 2 atom stereocenters. The molecule has 0 heterocycles. The first-order chi connectivity index (χ1) is 16.7. The van der Waals surface area contributed by atoms with E-state index in [4.69, 9.17) is 0 Å². The number of nitrogens with one attached hydrogen (secondary N) is 1. The second kappa shape index (κ2) is 10.4. The Kier molecular flexibility index (Phi) is 7.36. The minimum atomic E-state index is -4.46. The van der Waals surface area contributed by atoms with Gasteiger partial charge in [-0.2, -0.15) is 13.2 Å². The van der Waals surface area contributed by atoms with Crippen LogP contribution in [0.1, 0.15) is 57.1 Å². The molecule has 4 rings (SSSR count). The Morgan fingerprint density at radius 1 is 1.00 bits per heavy atom. The van der Waals surface area contributed by atoms with Gasteiger partial charge in [-0.25, -0.2) is 4.39 Å². The van der Waals surface area contributed by atoms with E-state index in [0.29, 0.717) is 16.7 Å². The van der Waals surface area contributed by atoms with Gasteiger partial charge in [0.05, 0.1) is 17.7 Å². The van der Waals surface area contributed by atoms with E-state index in [2.05, 4.69) is 5.32 Å². The lowest BCUT2D eigenvalue weighted by atomic mass is 9.94. The van der Waals surface area contributed by atoms with Crippen LogP contribution in [0, 0.1) is 5.82 Å². The third kappa shape index (κ3) is 5.98. The number of carbonyl (C=O) groups excluding carboxylic acids is 1. The molecule has 0 aliphatic heterocycles. The maximum absolute atomic E-state index is 13.4. The molecule has 2 N–H and O–H groups in total. The van der Waals surface area contributed by atoms with E-state index < -0.39 is 35.6 Å². The van der Waals surface area contributed by atoms with Crippen molar-refractivity contribution >= 4 is 12.0 Å². The first kappa shape index (κ1) is 24.7. The third-order valence-electron chi connectivity index (χ3n) is 6.19. The van der Waals surface area contributed by atoms with Crippen LogP contribution >= 0.6 is 0 Å². The van der Waals surface area contributed by atoms with Crippen LogP contribution in [0.4, 0.5) is 17.6 Å². The van der Waals surface area contributed by atoms with Crippen molar-refractivity contribution in [3.05, 3.63) is 112 Å². The largest absolute Gasteiger partial charge is 0.416 e. The average molecular weight is 484 g/mol. The molecular formula is C28H25F4NO2. The van der Waals surface area contributed by atoms with Gasteiger partial charge in [0.2, 0.25) is 0 Å². The second-order valence-electron chi connectivity index (χ2n) is 8.65. The van der Waals surface area contributed by atoms with E-state index in [0.717, 1.165) is 42.5 Å². The number of aliphatic hydroxyl groups excluding tert-OH is 1. The number of aryl methyl sites for hydroxylation is 1. The summed E-state index contributed by atoms with van der Waals surface area (Å²) in [7, 11) is 0. The normalized spacial score (nSPS) is 15.1. The number of allylic oxidation sites excluding steroid dienone is 1. The Labute approximate surface area is 201 Å². The van der Waals surface area contributed by atoms with Crippen molar-refractivity contribution in [1.29, 1.82) is 0 Å². The smallest absolute Gasteiger partial charge is 0.386 e. The first-order valence-corrected chi connectivity index (χ1v) is 11.4. The van der Waals surface area contributed by atoms with Crippen molar-refractivity contribution in [2.75, 3.05) is 0 Å². The van der Waals surface area contributed by atoms with Crippen molar-refractivity contribution in [3.8, 4) is 0 Å². The van der Waals surface area contributed by atoms with Crippen LogP contribution in [-0.2, 0) is 19.0 Å². The van der Waals surface area contributed by atoms with Crippen molar-refractivity contribution in [1.82, 2.24) is 5.32 Å². The number of rotatable bonds is 6. The number of halogens is 4. The number of aliphatic hydroxyl groups is 1. The van der Waals surface area contributed by atoms with Gasteiger partial charge in [-0.15, -0.1) is 0 Å². The molecule has 0 saturated carbocycles. The number of carbonyl (C=O) groups is 1. The predicted molar refractivity (Wildman–Crippen MR) is 126 cm³/mol. The number of alkyl halides is 3. The van der Waals surface area contributed by atoms with Gasteiger partial charge in [0, 0.05) is 5.56 Å². The average Bonchev–Trinajstić information content (AvgIpc) is 3.09. The van der Waals surface area contributed by atoms with Gasteiger partial charge in [-0.05, 0) is 78.3 Å². The molecular weight excluding hydrogens is 458 g/mol. The van der Waals surface area contributed by atoms with Crippen LogP contribution in [0.15, 0.2) is 72.8 Å². The monoisotopic (exact) mass is 483 g/mol. The quantitative estimate of drug-likeness (QED) is 0.406. The van der Waals surface area contributed by atoms with E-state index in [1.54, 1.807) is 6.07 Å². The zero-order chi connectivity index (χ0) is 25.0. The van der Waals surface area contributed by atoms with E-state index in [9.17, 15) is 27.5 Å². The molecule has 0 saturated heterocycles. The number of fused-ring (bicyclic) bond motifs is 1. The molecule has 2 unspecified atom stereocenters. The summed E-state index contributed by atoms with van der Waals surface area (Å²) in [6.07, 6.45) is 1.10. The predicted octanol–water partition coefficient (Wildman–Crippen LogP) is 6.27. The molecule has 1 aliphatic carbocycles. The number of amides is 1. The fourth-order valence-electron chi connectivity index (χ4n) is 4.30. The maximum atomic E-state index is 13.4. The summed E-state index contributed by atoms with van der Waals surface area (Å²) in [5.41, 5.74) is 2.47. The molecule has 3 aromatic rings. The minimum Gasteiger partial charge on any atom is -0.386 e. The molecule has 0 aromatic heterocycles. The van der Waals surface area contributed by atoms with Gasteiger partial charge in [0.1, 0.15) is 5.82 Å². The fraction of sp³-hybridized carbons (Fsp3) is 0.250. The molecule has 3 aromatic carbocycles. The van der Waals surface area contributed by atoms with Gasteiger partial charge < -0.3 is 10.4 Å². The number of hydrogen-bond acceptors (Lipinski definition) is 2. The standard InChI is InChI=1S/C28H25F4NO2/c29-22-15-11-20(12-16-22)26(34)25(17-18-9-13-21(14-10-18)28(30,31)32)33-27(35)24-8-4-6-19-5-2-1-3-7-23(19)24/h3-4,6-16,25-26,34H,1-2,5,17H2,(H,33,35). The number of benzene rings is 3. The molecule has 1 amide bonds. The van der Waals surface area contributed by atoms with Gasteiger partial charge in [-0.1, -0.05) is 48.6 Å². The SMILES string of the molecule is O=C(NC(Cc1ccc(C(F)(F)F)cc1)C(O)c1ccc(F)cc1)c1cccc2c1C=CCCC2. The molecule has 0 spiro atoms. The van der Waals surface area contributed by atoms with Gasteiger partial charge >= 0.3 is 6.18 Å². The summed E-state index contributed by atoms with van der Waals surface area (Å²) in [6, 6.07) is 14.5. The first-order valence-electron chi connectivity index (χ1n) is 11.4. The Morgan fingerprint density at radius 3 is 2.40 bits per heavy atom. The van der Waals surface area contributed by atoms with Crippen molar-refractivity contribution in [2.45, 2.75) is 44.0 Å². The fourth-order valence-corrected chi connectivity index (χ4v) is 4.30. The highest BCUT2D eigenvalue weighted by Gasteiger charge is 2.30. The summed E-state index contributed by atoms with van der Waals surface area (Å²) in [4.78, 5) is 13.3. The van der Waals surface area contributed by atoms with Crippen LogP contribution in [0.3, 0.4) is 0 Å². The lowest BCUT2D eigenvalue weighted by molar-refractivity contribution is -0.137. The van der Waals surface area contributed by atoms with Gasteiger partial charge in [0.15, 0.2) is 0 Å². The van der Waals surface area contributed by atoms with Crippen LogP contribution in [0.2, 0.25) is 0 Å². The van der Waals surface area contributed by atoms with E-state index >= 15 is 0 Å². The van der Waals surface area contributed by atoms with Gasteiger partial charge in [-0.3, -0.25) is 4.79 Å². The summed E-state index contributed by atoms with van der Waals surface area (Å²) >= 11 is 0. The third-order valence-corrected chi connectivity index (χ3v) is 6.19. The van der Waals surface area contributed by atoms with E-state index in [-0.39, 0.29) is 6.42 Å². The molecule has 0 fully saturated rings. The van der Waals surface area contributed by atoms with Crippen LogP contribution < -0.4 is 5.32 Å². The number of hydrogen-bond donors (Lipinski definition) is 2. The molecule has 1 aliphatic rings. The van der Waals surface area contributed by atoms with E-state index in [1.807, 2.05) is 24.3 Å². The Hall–Kier alpha value is -3.45. The van der Waals surface area contributed by atoms with Crippen molar-refractivity contribution < 1.29 is 27.5 Å². The summed E-state index contributed by atoms with van der Waals surface area (Å²) in [6.45, 7) is 0. The molecule has 7 heteroatoms. The Morgan fingerprint density at radius 2 is 1.71 bits per heavy atom. The molecule has 0 radical (unpaired) electrons. The van der Waals surface area contributed by atoms with Crippen molar-refractivity contribution in [2.24, 2.45) is 0 Å². The summed E-state index contributed by atoms with van der Waals surface area (Å²) in [5.74, 6) is -0.866. The molecule has 35 heavy (non-hydrogen) atoms. The highest BCUT2D eigenvalue weighted by molar-refractivity contribution is 5.98. The lowest BCUT2D eigenvalue weighted by Crippen LogP contribution is -2.41. The zero-order valence-electron chi connectivity index (χ0n) is 18.9. The summed E-state index contributed by atoms with van der Waals surface area (Å²) < 4.78 is 52.3. The highest BCUT2D eigenvalue weighted by atomic mass is 19.4. The van der Waals surface area contributed by atoms with Crippen LogP contribution in [-0.4, -0.2) is 17.1 Å². The molecule has 0 bridgehead atoms. The molecule has 182 valence electrons. The van der Waals surface area contributed by atoms with Crippen molar-refractivity contribution in [3.63, 3.8) is 0 Å². The Bertz CT molecular complexity index is 1200. The molecule has 3 nitrogen and oxygen atoms in total. The van der Waals surface area contributed by atoms with E-state index in [1.165, 1.54) is 36.4 Å². The zero-order valence-corrected chi connectivity index (χ0v) is 18.9. The van der Waals surface area contributed by atoms with Crippen LogP contribution in [0.25, 0.3) is 6.08 Å². The minimum absolute atomic E-state index is 0.0767. The van der Waals surface area contributed by atoms with Gasteiger partial charge in [0.25, 0.3) is 5.91 Å². The highest BCUT2D eigenvalue weighted by Crippen LogP contribution is 2.30.